The third kappa shape index (κ3) is 3.16. The molecule has 0 unspecified atom stereocenters. The molecule has 0 aliphatic rings. The molecule has 1 aromatic carbocycles. The van der Waals surface area contributed by atoms with Gasteiger partial charge in [0.2, 0.25) is 5.91 Å². The number of anilines is 1. The van der Waals surface area contributed by atoms with E-state index in [1.807, 2.05) is 0 Å². The summed E-state index contributed by atoms with van der Waals surface area (Å²) in [6.07, 6.45) is 0.0536. The highest BCUT2D eigenvalue weighted by Gasteiger charge is 2.12. The average molecular weight is 247 g/mol. The van der Waals surface area contributed by atoms with E-state index in [-0.39, 0.29) is 23.7 Å². The summed E-state index contributed by atoms with van der Waals surface area (Å²) in [5, 5.41) is 12.6. The minimum atomic E-state index is -0.850. The molecule has 7 heteroatoms. The lowest BCUT2D eigenvalue weighted by molar-refractivity contribution is -0.385. The molecule has 0 saturated heterocycles. The van der Waals surface area contributed by atoms with Crippen LogP contribution in [0.4, 0.5) is 15.8 Å². The number of halogens is 2. The van der Waals surface area contributed by atoms with E-state index in [1.165, 1.54) is 0 Å². The fourth-order valence-corrected chi connectivity index (χ4v) is 1.19. The second-order valence-electron chi connectivity index (χ2n) is 2.91. The summed E-state index contributed by atoms with van der Waals surface area (Å²) in [6, 6.07) is 3.00. The maximum Gasteiger partial charge on any atom is 0.272 e. The zero-order valence-corrected chi connectivity index (χ0v) is 8.83. The van der Waals surface area contributed by atoms with Crippen LogP contribution in [0.3, 0.4) is 0 Å². The van der Waals surface area contributed by atoms with Crippen molar-refractivity contribution in [1.29, 1.82) is 0 Å². The summed E-state index contributed by atoms with van der Waals surface area (Å²) in [5.41, 5.74) is -0.464. The highest BCUT2D eigenvalue weighted by Crippen LogP contribution is 2.20. The number of hydrogen-bond donors (Lipinski definition) is 1. The molecule has 0 fully saturated rings. The smallest absolute Gasteiger partial charge is 0.272 e. The van der Waals surface area contributed by atoms with Crippen LogP contribution < -0.4 is 5.32 Å². The number of alkyl halides is 1. The number of carbonyl (C=O) groups excluding carboxylic acids is 1. The molecule has 0 aliphatic heterocycles. The first-order valence-electron chi connectivity index (χ1n) is 4.34. The zero-order valence-electron chi connectivity index (χ0n) is 8.07. The Kier molecular flexibility index (Phi) is 4.19. The van der Waals surface area contributed by atoms with Crippen molar-refractivity contribution < 1.29 is 14.1 Å². The molecule has 0 atom stereocenters. The van der Waals surface area contributed by atoms with E-state index >= 15 is 0 Å². The second-order valence-corrected chi connectivity index (χ2v) is 3.29. The normalized spacial score (nSPS) is 9.88. The van der Waals surface area contributed by atoms with Crippen LogP contribution in [0.15, 0.2) is 18.2 Å². The third-order valence-electron chi connectivity index (χ3n) is 1.76. The Morgan fingerprint density at radius 1 is 1.56 bits per heavy atom. The van der Waals surface area contributed by atoms with Gasteiger partial charge in [0, 0.05) is 18.4 Å². The van der Waals surface area contributed by atoms with Crippen LogP contribution >= 0.6 is 11.6 Å². The maximum absolute atomic E-state index is 13.3. The molecule has 0 spiro atoms. The standard InChI is InChI=1S/C9H8ClFN2O3/c10-4-3-9(14)12-8-2-1-6(13(15)16)5-7(8)11/h1-2,5H,3-4H2,(H,12,14). The summed E-state index contributed by atoms with van der Waals surface area (Å²) in [7, 11) is 0. The molecule has 0 aliphatic carbocycles. The molecule has 0 radical (unpaired) electrons. The Balaban J connectivity index is 2.83. The van der Waals surface area contributed by atoms with Gasteiger partial charge in [0.05, 0.1) is 16.7 Å². The highest BCUT2D eigenvalue weighted by atomic mass is 35.5. The topological polar surface area (TPSA) is 72.2 Å². The van der Waals surface area contributed by atoms with Crippen LogP contribution in [0, 0.1) is 15.9 Å². The Labute approximate surface area is 95.4 Å². The summed E-state index contributed by atoms with van der Waals surface area (Å²) in [5.74, 6) is -1.17. The molecule has 1 N–H and O–H groups in total. The number of nitrogens with one attached hydrogen (secondary N) is 1. The first-order chi connectivity index (χ1) is 7.54. The number of carbonyl (C=O) groups is 1. The van der Waals surface area contributed by atoms with E-state index in [2.05, 4.69) is 5.32 Å². The predicted molar refractivity (Wildman–Crippen MR) is 57.0 cm³/mol. The van der Waals surface area contributed by atoms with Gasteiger partial charge in [0.15, 0.2) is 5.82 Å². The molecule has 1 rings (SSSR count). The van der Waals surface area contributed by atoms with Crippen LogP contribution in [-0.4, -0.2) is 16.7 Å². The van der Waals surface area contributed by atoms with Gasteiger partial charge in [-0.25, -0.2) is 4.39 Å². The number of nitro benzene ring substituents is 1. The number of nitrogens with zero attached hydrogens (tertiary/aromatic N) is 1. The summed E-state index contributed by atoms with van der Waals surface area (Å²) < 4.78 is 13.3. The van der Waals surface area contributed by atoms with Crippen LogP contribution in [0.25, 0.3) is 0 Å². The van der Waals surface area contributed by atoms with E-state index in [9.17, 15) is 19.3 Å². The van der Waals surface area contributed by atoms with Crippen molar-refractivity contribution in [3.8, 4) is 0 Å². The third-order valence-corrected chi connectivity index (χ3v) is 1.95. The van der Waals surface area contributed by atoms with Gasteiger partial charge in [-0.15, -0.1) is 11.6 Å². The molecule has 16 heavy (non-hydrogen) atoms. The van der Waals surface area contributed by atoms with Crippen LogP contribution in [0.1, 0.15) is 6.42 Å². The highest BCUT2D eigenvalue weighted by molar-refractivity contribution is 6.19. The number of benzene rings is 1. The van der Waals surface area contributed by atoms with Gasteiger partial charge in [-0.3, -0.25) is 14.9 Å². The minimum Gasteiger partial charge on any atom is -0.324 e. The fourth-order valence-electron chi connectivity index (χ4n) is 1.02. The number of rotatable bonds is 4. The lowest BCUT2D eigenvalue weighted by Crippen LogP contribution is -2.12. The minimum absolute atomic E-state index is 0.0536. The Bertz CT molecular complexity index is 425. The Morgan fingerprint density at radius 3 is 2.75 bits per heavy atom. The van der Waals surface area contributed by atoms with E-state index in [1.54, 1.807) is 0 Å². The van der Waals surface area contributed by atoms with Crippen molar-refractivity contribution >= 4 is 28.9 Å². The maximum atomic E-state index is 13.3. The molecule has 0 bridgehead atoms. The molecule has 0 aromatic heterocycles. The number of hydrogen-bond acceptors (Lipinski definition) is 3. The molecule has 1 amide bonds. The van der Waals surface area contributed by atoms with E-state index in [0.29, 0.717) is 0 Å². The molecular weight excluding hydrogens is 239 g/mol. The number of non-ortho nitro benzene ring substituents is 1. The van der Waals surface area contributed by atoms with E-state index < -0.39 is 16.6 Å². The van der Waals surface area contributed by atoms with Gasteiger partial charge in [0.25, 0.3) is 5.69 Å². The fraction of sp³-hybridized carbons (Fsp3) is 0.222. The largest absolute Gasteiger partial charge is 0.324 e. The molecule has 0 saturated carbocycles. The van der Waals surface area contributed by atoms with Gasteiger partial charge in [-0.05, 0) is 6.07 Å². The molecule has 1 aromatic rings. The SMILES string of the molecule is O=C(CCCl)Nc1ccc([N+](=O)[O-])cc1F. The van der Waals surface area contributed by atoms with Crippen molar-refractivity contribution in [1.82, 2.24) is 0 Å². The lowest BCUT2D eigenvalue weighted by Gasteiger charge is -2.04. The average Bonchev–Trinajstić information content (AvgIpc) is 2.21. The monoisotopic (exact) mass is 246 g/mol. The summed E-state index contributed by atoms with van der Waals surface area (Å²) in [4.78, 5) is 20.7. The summed E-state index contributed by atoms with van der Waals surface area (Å²) in [6.45, 7) is 0. The molecule has 86 valence electrons. The predicted octanol–water partition coefficient (Wildman–Crippen LogP) is 2.30. The van der Waals surface area contributed by atoms with Gasteiger partial charge in [0.1, 0.15) is 0 Å². The Hall–Kier alpha value is -1.69. The summed E-state index contributed by atoms with van der Waals surface area (Å²) >= 11 is 5.33. The van der Waals surface area contributed by atoms with Gasteiger partial charge >= 0.3 is 0 Å². The van der Waals surface area contributed by atoms with Gasteiger partial charge < -0.3 is 5.32 Å². The van der Waals surface area contributed by atoms with Gasteiger partial charge in [-0.2, -0.15) is 0 Å². The number of amides is 1. The van der Waals surface area contributed by atoms with Crippen molar-refractivity contribution in [2.75, 3.05) is 11.2 Å². The van der Waals surface area contributed by atoms with Crippen molar-refractivity contribution in [2.24, 2.45) is 0 Å². The van der Waals surface area contributed by atoms with Crippen LogP contribution in [0.5, 0.6) is 0 Å². The number of nitro groups is 1. The van der Waals surface area contributed by atoms with Gasteiger partial charge in [-0.1, -0.05) is 0 Å². The van der Waals surface area contributed by atoms with Crippen LogP contribution in [0.2, 0.25) is 0 Å². The first-order valence-corrected chi connectivity index (χ1v) is 4.88. The Morgan fingerprint density at radius 2 is 2.25 bits per heavy atom. The first kappa shape index (κ1) is 12.4. The van der Waals surface area contributed by atoms with Crippen LogP contribution in [-0.2, 0) is 4.79 Å². The van der Waals surface area contributed by atoms with E-state index in [4.69, 9.17) is 11.6 Å². The lowest BCUT2D eigenvalue weighted by atomic mass is 10.2. The molecule has 5 nitrogen and oxygen atoms in total. The molecule has 0 heterocycles. The van der Waals surface area contributed by atoms with Crippen molar-refractivity contribution in [3.05, 3.63) is 34.1 Å². The second kappa shape index (κ2) is 5.41. The molecular formula is C9H8ClFN2O3. The van der Waals surface area contributed by atoms with E-state index in [0.717, 1.165) is 18.2 Å². The van der Waals surface area contributed by atoms with Crippen molar-refractivity contribution in [3.63, 3.8) is 0 Å². The van der Waals surface area contributed by atoms with Crippen molar-refractivity contribution in [2.45, 2.75) is 6.42 Å². The quantitative estimate of drug-likeness (QED) is 0.503. The zero-order chi connectivity index (χ0) is 12.1.